The van der Waals surface area contributed by atoms with E-state index in [1.165, 1.54) is 16.7 Å². The number of rotatable bonds is 6. The van der Waals surface area contributed by atoms with Gasteiger partial charge in [-0.2, -0.15) is 0 Å². The summed E-state index contributed by atoms with van der Waals surface area (Å²) in [6.07, 6.45) is 0. The first-order chi connectivity index (χ1) is 13.6. The van der Waals surface area contributed by atoms with E-state index in [1.54, 1.807) is 0 Å². The highest BCUT2D eigenvalue weighted by Gasteiger charge is 2.12. The molecule has 0 spiro atoms. The van der Waals surface area contributed by atoms with Crippen LogP contribution in [0.5, 0.6) is 11.5 Å². The van der Waals surface area contributed by atoms with Crippen molar-refractivity contribution in [2.45, 2.75) is 27.4 Å². The second-order valence-corrected chi connectivity index (χ2v) is 6.92. The molecule has 0 fully saturated rings. The number of nitrogens with zero attached hydrogens (tertiary/aromatic N) is 1. The molecule has 0 saturated carbocycles. The highest BCUT2D eigenvalue weighted by Crippen LogP contribution is 2.33. The van der Waals surface area contributed by atoms with Gasteiger partial charge in [0.15, 0.2) is 11.5 Å². The maximum absolute atomic E-state index is 6.07. The van der Waals surface area contributed by atoms with Crippen LogP contribution in [0.4, 0.5) is 0 Å². The molecule has 0 atom stereocenters. The van der Waals surface area contributed by atoms with Crippen molar-refractivity contribution in [1.82, 2.24) is 9.97 Å². The molecule has 28 heavy (non-hydrogen) atoms. The summed E-state index contributed by atoms with van der Waals surface area (Å²) in [7, 11) is 0. The van der Waals surface area contributed by atoms with E-state index in [4.69, 9.17) is 14.5 Å². The smallest absolute Gasteiger partial charge is 0.161 e. The summed E-state index contributed by atoms with van der Waals surface area (Å²) in [6.45, 7) is 7.23. The third-order valence-corrected chi connectivity index (χ3v) is 4.80. The fraction of sp³-hybridized carbons (Fsp3) is 0.208. The number of ether oxygens (including phenoxy) is 2. The Balaban J connectivity index is 1.63. The number of fused-ring (bicyclic) bond motifs is 1. The van der Waals surface area contributed by atoms with Gasteiger partial charge in [-0.15, -0.1) is 0 Å². The Labute approximate surface area is 165 Å². The van der Waals surface area contributed by atoms with E-state index in [-0.39, 0.29) is 0 Å². The zero-order chi connectivity index (χ0) is 19.5. The number of hydrogen-bond acceptors (Lipinski definition) is 3. The number of nitrogens with one attached hydrogen (secondary N) is 1. The number of imidazole rings is 1. The number of benzene rings is 3. The summed E-state index contributed by atoms with van der Waals surface area (Å²) in [5.41, 5.74) is 6.56. The standard InChI is InChI=1S/C24H24N2O2/c1-4-27-23-14-18(24-25-20-11-9-16(2)13-21(20)26-24)10-12-22(23)28-15-19-8-6-5-7-17(19)3/h5-14H,4,15H2,1-3H3,(H,25,26). The third kappa shape index (κ3) is 3.72. The molecule has 0 aliphatic carbocycles. The van der Waals surface area contributed by atoms with E-state index < -0.39 is 0 Å². The van der Waals surface area contributed by atoms with E-state index in [0.29, 0.717) is 13.2 Å². The van der Waals surface area contributed by atoms with Crippen molar-refractivity contribution < 1.29 is 9.47 Å². The SMILES string of the molecule is CCOc1cc(-c2nc3ccc(C)cc3[nH]2)ccc1OCc1ccccc1C. The van der Waals surface area contributed by atoms with Gasteiger partial charge in [0.2, 0.25) is 0 Å². The molecule has 4 aromatic rings. The summed E-state index contributed by atoms with van der Waals surface area (Å²) in [4.78, 5) is 8.11. The first-order valence-electron chi connectivity index (χ1n) is 9.55. The van der Waals surface area contributed by atoms with Gasteiger partial charge < -0.3 is 14.5 Å². The van der Waals surface area contributed by atoms with Gasteiger partial charge in [-0.05, 0) is 67.8 Å². The highest BCUT2D eigenvalue weighted by atomic mass is 16.5. The Kier molecular flexibility index (Phi) is 5.02. The Morgan fingerprint density at radius 1 is 0.893 bits per heavy atom. The van der Waals surface area contributed by atoms with E-state index in [0.717, 1.165) is 33.9 Å². The fourth-order valence-electron chi connectivity index (χ4n) is 3.23. The average molecular weight is 372 g/mol. The lowest BCUT2D eigenvalue weighted by Gasteiger charge is -2.14. The third-order valence-electron chi connectivity index (χ3n) is 4.80. The number of H-pyrrole nitrogens is 1. The molecular weight excluding hydrogens is 348 g/mol. The van der Waals surface area contributed by atoms with Gasteiger partial charge >= 0.3 is 0 Å². The van der Waals surface area contributed by atoms with Crippen molar-refractivity contribution >= 4 is 11.0 Å². The van der Waals surface area contributed by atoms with Crippen LogP contribution in [0.2, 0.25) is 0 Å². The fourth-order valence-corrected chi connectivity index (χ4v) is 3.23. The monoisotopic (exact) mass is 372 g/mol. The molecule has 4 nitrogen and oxygen atoms in total. The molecule has 0 bridgehead atoms. The Hall–Kier alpha value is -3.27. The van der Waals surface area contributed by atoms with Crippen LogP contribution in [-0.2, 0) is 6.61 Å². The molecule has 142 valence electrons. The lowest BCUT2D eigenvalue weighted by Crippen LogP contribution is -2.01. The van der Waals surface area contributed by atoms with Crippen LogP contribution < -0.4 is 9.47 Å². The lowest BCUT2D eigenvalue weighted by atomic mass is 10.1. The molecule has 3 aromatic carbocycles. The predicted octanol–water partition coefficient (Wildman–Crippen LogP) is 5.82. The van der Waals surface area contributed by atoms with Crippen LogP contribution in [-0.4, -0.2) is 16.6 Å². The van der Waals surface area contributed by atoms with Crippen LogP contribution in [0.3, 0.4) is 0 Å². The maximum atomic E-state index is 6.07. The van der Waals surface area contributed by atoms with Crippen LogP contribution in [0.25, 0.3) is 22.4 Å². The minimum absolute atomic E-state index is 0.510. The molecule has 4 heteroatoms. The molecule has 0 radical (unpaired) electrons. The Morgan fingerprint density at radius 3 is 2.57 bits per heavy atom. The molecular formula is C24H24N2O2. The van der Waals surface area contributed by atoms with Gasteiger partial charge in [0.1, 0.15) is 12.4 Å². The summed E-state index contributed by atoms with van der Waals surface area (Å²) in [5, 5.41) is 0. The molecule has 0 aliphatic heterocycles. The maximum Gasteiger partial charge on any atom is 0.161 e. The van der Waals surface area contributed by atoms with Crippen LogP contribution >= 0.6 is 0 Å². The van der Waals surface area contributed by atoms with Gasteiger partial charge in [-0.1, -0.05) is 30.3 Å². The largest absolute Gasteiger partial charge is 0.490 e. The second-order valence-electron chi connectivity index (χ2n) is 6.92. The quantitative estimate of drug-likeness (QED) is 0.463. The number of hydrogen-bond donors (Lipinski definition) is 1. The predicted molar refractivity (Wildman–Crippen MR) is 113 cm³/mol. The van der Waals surface area contributed by atoms with Crippen LogP contribution in [0.15, 0.2) is 60.7 Å². The molecule has 4 rings (SSSR count). The van der Waals surface area contributed by atoms with E-state index in [1.807, 2.05) is 43.3 Å². The molecule has 0 aliphatic rings. The highest BCUT2D eigenvalue weighted by molar-refractivity contribution is 5.80. The van der Waals surface area contributed by atoms with Gasteiger partial charge in [-0.25, -0.2) is 4.98 Å². The van der Waals surface area contributed by atoms with Crippen LogP contribution in [0.1, 0.15) is 23.6 Å². The first-order valence-corrected chi connectivity index (χ1v) is 9.55. The van der Waals surface area contributed by atoms with Crippen molar-refractivity contribution in [3.8, 4) is 22.9 Å². The minimum Gasteiger partial charge on any atom is -0.490 e. The van der Waals surface area contributed by atoms with E-state index in [9.17, 15) is 0 Å². The molecule has 1 N–H and O–H groups in total. The van der Waals surface area contributed by atoms with Gasteiger partial charge in [-0.3, -0.25) is 0 Å². The minimum atomic E-state index is 0.510. The van der Waals surface area contributed by atoms with Crippen molar-refractivity contribution in [1.29, 1.82) is 0 Å². The van der Waals surface area contributed by atoms with Crippen molar-refractivity contribution in [3.05, 3.63) is 77.4 Å². The zero-order valence-corrected chi connectivity index (χ0v) is 16.5. The number of aromatic nitrogens is 2. The first kappa shape index (κ1) is 18.1. The number of aryl methyl sites for hydroxylation is 2. The van der Waals surface area contributed by atoms with Gasteiger partial charge in [0.05, 0.1) is 17.6 Å². The van der Waals surface area contributed by atoms with Crippen molar-refractivity contribution in [3.63, 3.8) is 0 Å². The summed E-state index contributed by atoms with van der Waals surface area (Å²) in [5.74, 6) is 2.29. The van der Waals surface area contributed by atoms with E-state index >= 15 is 0 Å². The van der Waals surface area contributed by atoms with E-state index in [2.05, 4.69) is 43.1 Å². The Bertz CT molecular complexity index is 1110. The molecule has 0 saturated heterocycles. The van der Waals surface area contributed by atoms with Gasteiger partial charge in [0, 0.05) is 5.56 Å². The van der Waals surface area contributed by atoms with Gasteiger partial charge in [0.25, 0.3) is 0 Å². The van der Waals surface area contributed by atoms with Crippen molar-refractivity contribution in [2.24, 2.45) is 0 Å². The molecule has 0 amide bonds. The normalized spacial score (nSPS) is 11.0. The molecule has 0 unspecified atom stereocenters. The molecule has 1 aromatic heterocycles. The second kappa shape index (κ2) is 7.77. The summed E-state index contributed by atoms with van der Waals surface area (Å²) >= 11 is 0. The summed E-state index contributed by atoms with van der Waals surface area (Å²) < 4.78 is 11.9. The van der Waals surface area contributed by atoms with Crippen molar-refractivity contribution in [2.75, 3.05) is 6.61 Å². The molecule has 1 heterocycles. The lowest BCUT2D eigenvalue weighted by molar-refractivity contribution is 0.269. The summed E-state index contributed by atoms with van der Waals surface area (Å²) in [6, 6.07) is 20.4. The topological polar surface area (TPSA) is 47.1 Å². The average Bonchev–Trinajstić information content (AvgIpc) is 3.11. The number of aromatic amines is 1. The van der Waals surface area contributed by atoms with Crippen LogP contribution in [0, 0.1) is 13.8 Å². The Morgan fingerprint density at radius 2 is 1.75 bits per heavy atom. The zero-order valence-electron chi connectivity index (χ0n) is 16.5.